The predicted octanol–water partition coefficient (Wildman–Crippen LogP) is 0.365. The van der Waals surface area contributed by atoms with E-state index >= 15 is 0 Å². The van der Waals surface area contributed by atoms with Crippen molar-refractivity contribution < 1.29 is 5.11 Å². The van der Waals surface area contributed by atoms with Gasteiger partial charge >= 0.3 is 0 Å². The first-order chi connectivity index (χ1) is 3.72. The summed E-state index contributed by atoms with van der Waals surface area (Å²) in [6.45, 7) is 3.85. The first-order valence-corrected chi connectivity index (χ1v) is 3.07. The fourth-order valence-corrected chi connectivity index (χ4v) is 0.786. The molecular formula is C6H15NO. The van der Waals surface area contributed by atoms with Gasteiger partial charge in [-0.15, -0.1) is 0 Å². The van der Waals surface area contributed by atoms with Gasteiger partial charge in [-0.25, -0.2) is 0 Å². The van der Waals surface area contributed by atoms with Crippen LogP contribution in [0.3, 0.4) is 0 Å². The van der Waals surface area contributed by atoms with E-state index in [1.54, 1.807) is 6.92 Å². The van der Waals surface area contributed by atoms with Gasteiger partial charge in [-0.3, -0.25) is 0 Å². The second kappa shape index (κ2) is 3.87. The minimum Gasteiger partial charge on any atom is -0.392 e. The van der Waals surface area contributed by atoms with Gasteiger partial charge in [-0.1, -0.05) is 6.92 Å². The molecule has 0 fully saturated rings. The molecule has 0 bridgehead atoms. The maximum absolute atomic E-state index is 8.95. The molecule has 0 unspecified atom stereocenters. The fourth-order valence-electron chi connectivity index (χ4n) is 0.786. The number of aliphatic hydroxyl groups is 1. The third-order valence-electron chi connectivity index (χ3n) is 1.39. The quantitative estimate of drug-likeness (QED) is 0.559. The molecule has 50 valence electrons. The van der Waals surface area contributed by atoms with Crippen LogP contribution in [0.4, 0.5) is 0 Å². The number of nitrogens with one attached hydrogen (secondary N) is 1. The van der Waals surface area contributed by atoms with Crippen LogP contribution < -0.4 is 5.32 Å². The van der Waals surface area contributed by atoms with E-state index in [0.717, 1.165) is 6.42 Å². The molecule has 2 heteroatoms. The summed E-state index contributed by atoms with van der Waals surface area (Å²) in [6, 6.07) is 0.259. The number of hydrogen-bond donors (Lipinski definition) is 2. The Kier molecular flexibility index (Phi) is 3.83. The molecule has 2 N–H and O–H groups in total. The lowest BCUT2D eigenvalue weighted by molar-refractivity contribution is 0.147. The molecule has 0 heterocycles. The van der Waals surface area contributed by atoms with Gasteiger partial charge in [-0.05, 0) is 20.4 Å². The highest BCUT2D eigenvalue weighted by molar-refractivity contribution is 4.66. The molecule has 2 atom stereocenters. The van der Waals surface area contributed by atoms with Crippen LogP contribution >= 0.6 is 0 Å². The molecule has 0 saturated heterocycles. The Morgan fingerprint density at radius 3 is 2.12 bits per heavy atom. The molecule has 0 aromatic heterocycles. The summed E-state index contributed by atoms with van der Waals surface area (Å²) in [7, 11) is 1.86. The highest BCUT2D eigenvalue weighted by Crippen LogP contribution is 1.94. The minimum atomic E-state index is -0.231. The second-order valence-electron chi connectivity index (χ2n) is 2.04. The third-order valence-corrected chi connectivity index (χ3v) is 1.39. The fraction of sp³-hybridized carbons (Fsp3) is 1.00. The van der Waals surface area contributed by atoms with Gasteiger partial charge in [0, 0.05) is 6.04 Å². The summed E-state index contributed by atoms with van der Waals surface area (Å²) in [5.74, 6) is 0. The van der Waals surface area contributed by atoms with Crippen LogP contribution in [0.25, 0.3) is 0 Å². The smallest absolute Gasteiger partial charge is 0.0664 e. The van der Waals surface area contributed by atoms with E-state index in [4.69, 9.17) is 5.11 Å². The van der Waals surface area contributed by atoms with Crippen LogP contribution in [0.15, 0.2) is 0 Å². The van der Waals surface area contributed by atoms with Crippen molar-refractivity contribution in [3.8, 4) is 0 Å². The average molecular weight is 117 g/mol. The maximum atomic E-state index is 8.95. The van der Waals surface area contributed by atoms with Crippen molar-refractivity contribution in [1.29, 1.82) is 0 Å². The van der Waals surface area contributed by atoms with Crippen molar-refractivity contribution in [2.45, 2.75) is 32.4 Å². The van der Waals surface area contributed by atoms with Crippen LogP contribution in [0.2, 0.25) is 0 Å². The van der Waals surface area contributed by atoms with Crippen LogP contribution in [0.5, 0.6) is 0 Å². The molecule has 0 aliphatic carbocycles. The number of aliphatic hydroxyl groups excluding tert-OH is 1. The molecule has 0 aromatic carbocycles. The van der Waals surface area contributed by atoms with Crippen molar-refractivity contribution in [3.63, 3.8) is 0 Å². The van der Waals surface area contributed by atoms with Gasteiger partial charge in [0.05, 0.1) is 6.10 Å². The molecule has 0 aliphatic heterocycles. The van der Waals surface area contributed by atoms with Crippen molar-refractivity contribution >= 4 is 0 Å². The SMILES string of the molecule is CC[C@H](NC)[C@@H](C)O. The van der Waals surface area contributed by atoms with Crippen LogP contribution in [-0.2, 0) is 0 Å². The van der Waals surface area contributed by atoms with Crippen molar-refractivity contribution in [3.05, 3.63) is 0 Å². The molecule has 0 aromatic rings. The molecule has 0 rings (SSSR count). The number of hydrogen-bond acceptors (Lipinski definition) is 2. The van der Waals surface area contributed by atoms with Gasteiger partial charge in [0.1, 0.15) is 0 Å². The minimum absolute atomic E-state index is 0.231. The second-order valence-corrected chi connectivity index (χ2v) is 2.04. The molecule has 2 nitrogen and oxygen atoms in total. The first kappa shape index (κ1) is 7.92. The lowest BCUT2D eigenvalue weighted by atomic mass is 10.1. The summed E-state index contributed by atoms with van der Waals surface area (Å²) in [5, 5.41) is 12.0. The van der Waals surface area contributed by atoms with E-state index in [0.29, 0.717) is 0 Å². The normalized spacial score (nSPS) is 18.0. The Morgan fingerprint density at radius 2 is 2.12 bits per heavy atom. The van der Waals surface area contributed by atoms with E-state index in [1.165, 1.54) is 0 Å². The van der Waals surface area contributed by atoms with E-state index < -0.39 is 0 Å². The molecule has 8 heavy (non-hydrogen) atoms. The summed E-state index contributed by atoms with van der Waals surface area (Å²) in [5.41, 5.74) is 0. The zero-order chi connectivity index (χ0) is 6.57. The predicted molar refractivity (Wildman–Crippen MR) is 34.8 cm³/mol. The molecule has 0 spiro atoms. The molecular weight excluding hydrogens is 102 g/mol. The lowest BCUT2D eigenvalue weighted by Gasteiger charge is -2.15. The van der Waals surface area contributed by atoms with Gasteiger partial charge in [0.2, 0.25) is 0 Å². The molecule has 0 amide bonds. The van der Waals surface area contributed by atoms with Gasteiger partial charge in [0.25, 0.3) is 0 Å². The first-order valence-electron chi connectivity index (χ1n) is 3.07. The van der Waals surface area contributed by atoms with E-state index in [1.807, 2.05) is 14.0 Å². The Hall–Kier alpha value is -0.0800. The molecule has 0 saturated carbocycles. The lowest BCUT2D eigenvalue weighted by Crippen LogP contribution is -2.34. The van der Waals surface area contributed by atoms with E-state index in [2.05, 4.69) is 5.32 Å². The Labute approximate surface area is 50.9 Å². The largest absolute Gasteiger partial charge is 0.392 e. The third kappa shape index (κ3) is 2.28. The van der Waals surface area contributed by atoms with Crippen molar-refractivity contribution in [2.75, 3.05) is 7.05 Å². The van der Waals surface area contributed by atoms with Crippen molar-refractivity contribution in [2.24, 2.45) is 0 Å². The summed E-state index contributed by atoms with van der Waals surface area (Å²) >= 11 is 0. The van der Waals surface area contributed by atoms with E-state index in [-0.39, 0.29) is 12.1 Å². The standard InChI is InChI=1S/C6H15NO/c1-4-6(7-3)5(2)8/h5-8H,4H2,1-3H3/t5-,6+/m1/s1. The zero-order valence-electron chi connectivity index (χ0n) is 5.81. The highest BCUT2D eigenvalue weighted by Gasteiger charge is 2.07. The van der Waals surface area contributed by atoms with Gasteiger partial charge in [-0.2, -0.15) is 0 Å². The highest BCUT2D eigenvalue weighted by atomic mass is 16.3. The number of likely N-dealkylation sites (N-methyl/N-ethyl adjacent to an activating group) is 1. The molecule has 0 aliphatic rings. The Morgan fingerprint density at radius 1 is 1.62 bits per heavy atom. The van der Waals surface area contributed by atoms with Crippen molar-refractivity contribution in [1.82, 2.24) is 5.32 Å². The zero-order valence-corrected chi connectivity index (χ0v) is 5.81. The summed E-state index contributed by atoms with van der Waals surface area (Å²) < 4.78 is 0. The van der Waals surface area contributed by atoms with E-state index in [9.17, 15) is 0 Å². The monoisotopic (exact) mass is 117 g/mol. The average Bonchev–Trinajstić information content (AvgIpc) is 1.69. The Bertz CT molecular complexity index is 50.5. The van der Waals surface area contributed by atoms with Crippen LogP contribution in [0.1, 0.15) is 20.3 Å². The molecule has 0 radical (unpaired) electrons. The van der Waals surface area contributed by atoms with Gasteiger partial charge < -0.3 is 10.4 Å². The summed E-state index contributed by atoms with van der Waals surface area (Å²) in [4.78, 5) is 0. The Balaban J connectivity index is 3.35. The maximum Gasteiger partial charge on any atom is 0.0664 e. The van der Waals surface area contributed by atoms with Gasteiger partial charge in [0.15, 0.2) is 0 Å². The number of rotatable bonds is 3. The van der Waals surface area contributed by atoms with Crippen LogP contribution in [-0.4, -0.2) is 24.3 Å². The van der Waals surface area contributed by atoms with Crippen LogP contribution in [0, 0.1) is 0 Å². The summed E-state index contributed by atoms with van der Waals surface area (Å²) in [6.07, 6.45) is 0.749. The topological polar surface area (TPSA) is 32.3 Å².